The van der Waals surface area contributed by atoms with Crippen molar-refractivity contribution in [1.82, 2.24) is 10.0 Å². The molecule has 7 nitrogen and oxygen atoms in total. The second-order valence-electron chi connectivity index (χ2n) is 6.18. The van der Waals surface area contributed by atoms with Crippen molar-refractivity contribution < 1.29 is 22.7 Å². The molecular formula is C21H24N2O5S. The lowest BCUT2D eigenvalue weighted by molar-refractivity contribution is -0.124. The lowest BCUT2D eigenvalue weighted by atomic mass is 10.1. The van der Waals surface area contributed by atoms with Gasteiger partial charge in [-0.1, -0.05) is 36.4 Å². The molecule has 2 rings (SSSR count). The fraction of sp³-hybridized carbons (Fsp3) is 0.238. The van der Waals surface area contributed by atoms with Gasteiger partial charge in [-0.2, -0.15) is 0 Å². The summed E-state index contributed by atoms with van der Waals surface area (Å²) in [6.07, 6.45) is 3.05. The van der Waals surface area contributed by atoms with Gasteiger partial charge < -0.3 is 10.1 Å². The summed E-state index contributed by atoms with van der Waals surface area (Å²) >= 11 is 0. The van der Waals surface area contributed by atoms with E-state index in [1.165, 1.54) is 35.9 Å². The van der Waals surface area contributed by atoms with Gasteiger partial charge in [0.05, 0.1) is 10.5 Å². The summed E-state index contributed by atoms with van der Waals surface area (Å²) in [6.45, 7) is 3.63. The molecule has 154 valence electrons. The minimum absolute atomic E-state index is 0.0204. The van der Waals surface area contributed by atoms with Gasteiger partial charge in [0, 0.05) is 13.1 Å². The fourth-order valence-corrected chi connectivity index (χ4v) is 3.45. The van der Waals surface area contributed by atoms with E-state index in [4.69, 9.17) is 4.74 Å². The summed E-state index contributed by atoms with van der Waals surface area (Å²) in [7, 11) is -3.66. The van der Waals surface area contributed by atoms with Crippen LogP contribution < -0.4 is 10.0 Å². The standard InChI is InChI=1S/C21H24N2O5S/c1-2-14-23-29(26,27)19-12-10-18(11-13-19)21(25)28-16-20(24)22-15-6-9-17-7-4-3-5-8-17/h2-5,7-8,10-13,23H,1,6,9,14-16H2,(H,22,24). The van der Waals surface area contributed by atoms with E-state index >= 15 is 0 Å². The lowest BCUT2D eigenvalue weighted by Crippen LogP contribution is -2.29. The number of carbonyl (C=O) groups is 2. The molecule has 0 fully saturated rings. The second kappa shape index (κ2) is 11.1. The molecule has 2 aromatic rings. The van der Waals surface area contributed by atoms with E-state index in [1.54, 1.807) is 0 Å². The number of aryl methyl sites for hydroxylation is 1. The van der Waals surface area contributed by atoms with Crippen LogP contribution in [-0.4, -0.2) is 40.0 Å². The average molecular weight is 416 g/mol. The summed E-state index contributed by atoms with van der Waals surface area (Å²) in [5, 5.41) is 2.70. The zero-order valence-electron chi connectivity index (χ0n) is 16.0. The van der Waals surface area contributed by atoms with Crippen LogP contribution in [0.5, 0.6) is 0 Å². The Labute approximate surface area is 170 Å². The summed E-state index contributed by atoms with van der Waals surface area (Å²) in [6, 6.07) is 15.2. The summed E-state index contributed by atoms with van der Waals surface area (Å²) in [5.74, 6) is -1.09. The quantitative estimate of drug-likeness (QED) is 0.332. The Morgan fingerprint density at radius 3 is 2.38 bits per heavy atom. The molecule has 0 bridgehead atoms. The summed E-state index contributed by atoms with van der Waals surface area (Å²) in [5.41, 5.74) is 1.35. The van der Waals surface area contributed by atoms with Gasteiger partial charge in [-0.05, 0) is 42.7 Å². The van der Waals surface area contributed by atoms with Gasteiger partial charge in [-0.15, -0.1) is 6.58 Å². The van der Waals surface area contributed by atoms with Gasteiger partial charge >= 0.3 is 5.97 Å². The number of esters is 1. The van der Waals surface area contributed by atoms with Gasteiger partial charge in [0.15, 0.2) is 6.61 Å². The lowest BCUT2D eigenvalue weighted by Gasteiger charge is -2.08. The number of hydrogen-bond acceptors (Lipinski definition) is 5. The van der Waals surface area contributed by atoms with Crippen LogP contribution in [0.2, 0.25) is 0 Å². The van der Waals surface area contributed by atoms with E-state index in [0.29, 0.717) is 6.54 Å². The number of sulfonamides is 1. The van der Waals surface area contributed by atoms with E-state index in [1.807, 2.05) is 30.3 Å². The zero-order valence-corrected chi connectivity index (χ0v) is 16.8. The minimum Gasteiger partial charge on any atom is -0.452 e. The molecule has 0 unspecified atom stereocenters. The van der Waals surface area contributed by atoms with Crippen molar-refractivity contribution in [3.05, 3.63) is 78.4 Å². The molecule has 8 heteroatoms. The van der Waals surface area contributed by atoms with Gasteiger partial charge in [-0.3, -0.25) is 4.79 Å². The topological polar surface area (TPSA) is 102 Å². The van der Waals surface area contributed by atoms with E-state index in [0.717, 1.165) is 12.8 Å². The SMILES string of the molecule is C=CCNS(=O)(=O)c1ccc(C(=O)OCC(=O)NCCCc2ccccc2)cc1. The molecule has 0 aromatic heterocycles. The normalized spacial score (nSPS) is 10.9. The Morgan fingerprint density at radius 2 is 1.72 bits per heavy atom. The Balaban J connectivity index is 1.74. The van der Waals surface area contributed by atoms with Gasteiger partial charge in [-0.25, -0.2) is 17.9 Å². The van der Waals surface area contributed by atoms with Crippen LogP contribution in [0.25, 0.3) is 0 Å². The van der Waals surface area contributed by atoms with Crippen molar-refractivity contribution in [2.45, 2.75) is 17.7 Å². The number of rotatable bonds is 11. The molecule has 0 atom stereocenters. The number of nitrogens with one attached hydrogen (secondary N) is 2. The smallest absolute Gasteiger partial charge is 0.338 e. The molecule has 2 aromatic carbocycles. The Hall–Kier alpha value is -2.97. The maximum Gasteiger partial charge on any atom is 0.338 e. The van der Waals surface area contributed by atoms with Crippen LogP contribution in [0.1, 0.15) is 22.3 Å². The Morgan fingerprint density at radius 1 is 1.03 bits per heavy atom. The predicted octanol–water partition coefficient (Wildman–Crippen LogP) is 2.06. The van der Waals surface area contributed by atoms with Crippen LogP contribution in [0.15, 0.2) is 72.1 Å². The highest BCUT2D eigenvalue weighted by Gasteiger charge is 2.15. The fourth-order valence-electron chi connectivity index (χ4n) is 2.45. The second-order valence-corrected chi connectivity index (χ2v) is 7.95. The Kier molecular flexibility index (Phi) is 8.57. The van der Waals surface area contributed by atoms with Crippen LogP contribution in [0.4, 0.5) is 0 Å². The number of hydrogen-bond donors (Lipinski definition) is 2. The van der Waals surface area contributed by atoms with Crippen LogP contribution in [0, 0.1) is 0 Å². The van der Waals surface area contributed by atoms with E-state index in [9.17, 15) is 18.0 Å². The number of benzene rings is 2. The van der Waals surface area contributed by atoms with Crippen LogP contribution >= 0.6 is 0 Å². The van der Waals surface area contributed by atoms with Crippen molar-refractivity contribution in [1.29, 1.82) is 0 Å². The molecule has 1 amide bonds. The first-order chi connectivity index (χ1) is 13.9. The zero-order chi connectivity index (χ0) is 21.1. The number of ether oxygens (including phenoxy) is 1. The first kappa shape index (κ1) is 22.3. The predicted molar refractivity (Wildman–Crippen MR) is 110 cm³/mol. The molecule has 0 spiro atoms. The molecule has 0 saturated heterocycles. The molecule has 0 aliphatic heterocycles. The highest BCUT2D eigenvalue weighted by molar-refractivity contribution is 7.89. The molecule has 0 aliphatic rings. The van der Waals surface area contributed by atoms with Crippen molar-refractivity contribution in [3.63, 3.8) is 0 Å². The molecule has 0 aliphatic carbocycles. The molecule has 0 saturated carbocycles. The highest BCUT2D eigenvalue weighted by Crippen LogP contribution is 2.11. The highest BCUT2D eigenvalue weighted by atomic mass is 32.2. The number of amides is 1. The maximum absolute atomic E-state index is 12.0. The van der Waals surface area contributed by atoms with Gasteiger partial charge in [0.2, 0.25) is 10.0 Å². The molecule has 2 N–H and O–H groups in total. The monoisotopic (exact) mass is 416 g/mol. The minimum atomic E-state index is -3.66. The molecule has 0 heterocycles. The van der Waals surface area contributed by atoms with Crippen molar-refractivity contribution in [2.24, 2.45) is 0 Å². The molecular weight excluding hydrogens is 392 g/mol. The van der Waals surface area contributed by atoms with Crippen LogP contribution in [-0.2, 0) is 26.0 Å². The third kappa shape index (κ3) is 7.52. The first-order valence-corrected chi connectivity index (χ1v) is 10.6. The third-order valence-corrected chi connectivity index (χ3v) is 5.40. The third-order valence-electron chi connectivity index (χ3n) is 3.96. The van der Waals surface area contributed by atoms with Crippen molar-refractivity contribution in [3.8, 4) is 0 Å². The van der Waals surface area contributed by atoms with E-state index in [2.05, 4.69) is 16.6 Å². The first-order valence-electron chi connectivity index (χ1n) is 9.11. The van der Waals surface area contributed by atoms with E-state index < -0.39 is 22.6 Å². The summed E-state index contributed by atoms with van der Waals surface area (Å²) < 4.78 is 31.2. The van der Waals surface area contributed by atoms with Crippen LogP contribution in [0.3, 0.4) is 0 Å². The van der Waals surface area contributed by atoms with Crippen molar-refractivity contribution >= 4 is 21.9 Å². The molecule has 0 radical (unpaired) electrons. The Bertz CT molecular complexity index is 925. The average Bonchev–Trinajstić information content (AvgIpc) is 2.74. The largest absolute Gasteiger partial charge is 0.452 e. The van der Waals surface area contributed by atoms with Gasteiger partial charge in [0.1, 0.15) is 0 Å². The molecule has 29 heavy (non-hydrogen) atoms. The number of carbonyl (C=O) groups excluding carboxylic acids is 2. The maximum atomic E-state index is 12.0. The van der Waals surface area contributed by atoms with E-state index in [-0.39, 0.29) is 22.9 Å². The summed E-state index contributed by atoms with van der Waals surface area (Å²) in [4.78, 5) is 23.8. The van der Waals surface area contributed by atoms with Crippen molar-refractivity contribution in [2.75, 3.05) is 19.7 Å². The van der Waals surface area contributed by atoms with Gasteiger partial charge in [0.25, 0.3) is 5.91 Å².